The molecule has 0 aromatic rings. The molecule has 0 aliphatic heterocycles. The molecular weight excluding hydrogens is 805 g/mol. The zero-order valence-electron chi connectivity index (χ0n) is 41.7. The summed E-state index contributed by atoms with van der Waals surface area (Å²) in [6.07, 6.45) is 72.0. The molecule has 0 saturated carbocycles. The molecule has 1 atom stereocenters. The van der Waals surface area contributed by atoms with Crippen molar-refractivity contribution in [2.24, 2.45) is 0 Å². The van der Waals surface area contributed by atoms with E-state index in [0.717, 1.165) is 96.3 Å². The van der Waals surface area contributed by atoms with Crippen LogP contribution in [0, 0.1) is 0 Å². The zero-order chi connectivity index (χ0) is 47.2. The summed E-state index contributed by atoms with van der Waals surface area (Å²) in [5, 5.41) is 0. The lowest BCUT2D eigenvalue weighted by Gasteiger charge is -2.18. The predicted octanol–water partition coefficient (Wildman–Crippen LogP) is 17.3. The lowest BCUT2D eigenvalue weighted by molar-refractivity contribution is -0.166. The highest BCUT2D eigenvalue weighted by molar-refractivity contribution is 5.71. The molecule has 6 heteroatoms. The van der Waals surface area contributed by atoms with Crippen molar-refractivity contribution in [2.75, 3.05) is 13.2 Å². The number of carbonyl (C=O) groups excluding carboxylic acids is 3. The van der Waals surface area contributed by atoms with Crippen LogP contribution in [-0.4, -0.2) is 37.2 Å². The molecule has 0 N–H and O–H groups in total. The molecule has 0 fully saturated rings. The third-order valence-corrected chi connectivity index (χ3v) is 10.4. The molecule has 65 heavy (non-hydrogen) atoms. The summed E-state index contributed by atoms with van der Waals surface area (Å²) in [6.45, 7) is 6.40. The van der Waals surface area contributed by atoms with Gasteiger partial charge in [-0.2, -0.15) is 0 Å². The molecule has 0 bridgehead atoms. The molecular formula is C59H94O6. The van der Waals surface area contributed by atoms with E-state index in [0.29, 0.717) is 12.8 Å². The highest BCUT2D eigenvalue weighted by atomic mass is 16.6. The molecule has 0 rings (SSSR count). The number of ether oxygens (including phenoxy) is 3. The van der Waals surface area contributed by atoms with Crippen molar-refractivity contribution in [2.45, 2.75) is 219 Å². The van der Waals surface area contributed by atoms with Crippen molar-refractivity contribution in [1.29, 1.82) is 0 Å². The summed E-state index contributed by atoms with van der Waals surface area (Å²) in [7, 11) is 0. The third kappa shape index (κ3) is 50.7. The van der Waals surface area contributed by atoms with Crippen LogP contribution < -0.4 is 0 Å². The number of hydrogen-bond donors (Lipinski definition) is 0. The van der Waals surface area contributed by atoms with Gasteiger partial charge in [-0.3, -0.25) is 14.4 Å². The third-order valence-electron chi connectivity index (χ3n) is 10.4. The molecule has 0 aliphatic rings. The SMILES string of the molecule is CCCC/C=C\CCCCCCCC(=O)O[C@H](COC(=O)CC/C=C\C/C=C\C/C=C\C/C=C\C/C=C\CCCCC)COC(=O)CCC/C=C\C/C=C\C/C=C\C/C=C\CCCCC. The van der Waals surface area contributed by atoms with Crippen LogP contribution in [0.25, 0.3) is 0 Å². The van der Waals surface area contributed by atoms with Crippen LogP contribution in [0.4, 0.5) is 0 Å². The van der Waals surface area contributed by atoms with Gasteiger partial charge in [0.1, 0.15) is 13.2 Å². The number of allylic oxidation sites excluding steroid dienone is 20. The Morgan fingerprint density at radius 3 is 1.06 bits per heavy atom. The molecule has 0 aromatic carbocycles. The van der Waals surface area contributed by atoms with E-state index in [4.69, 9.17) is 14.2 Å². The van der Waals surface area contributed by atoms with E-state index in [1.807, 2.05) is 12.2 Å². The van der Waals surface area contributed by atoms with Gasteiger partial charge < -0.3 is 14.2 Å². The standard InChI is InChI=1S/C59H94O6/c1-4-7-10-13-16-19-22-24-26-28-29-31-33-35-38-40-43-46-49-52-58(61)64-55-56(65-59(62)53-50-47-44-41-36-21-18-15-12-9-6-3)54-63-57(60)51-48-45-42-39-37-34-32-30-27-25-23-20-17-14-11-8-5-2/h15-20,24-27,29,31-32,34-35,38-39,42-43,46,56H,4-14,21-23,28,30,33,36-37,40-41,44-45,47-55H2,1-3H3/b18-15-,19-16-,20-17-,26-24-,27-25-,31-29-,34-32-,38-35-,42-39-,46-43-/t56-/m0/s1. The van der Waals surface area contributed by atoms with Crippen LogP contribution >= 0.6 is 0 Å². The maximum absolute atomic E-state index is 12.8. The Labute approximate surface area is 399 Å². The summed E-state index contributed by atoms with van der Waals surface area (Å²) in [6, 6.07) is 0. The Bertz CT molecular complexity index is 1400. The van der Waals surface area contributed by atoms with E-state index in [1.54, 1.807) is 0 Å². The van der Waals surface area contributed by atoms with Crippen LogP contribution in [0.15, 0.2) is 122 Å². The van der Waals surface area contributed by atoms with Gasteiger partial charge in [0.2, 0.25) is 0 Å². The Morgan fingerprint density at radius 1 is 0.308 bits per heavy atom. The first kappa shape index (κ1) is 60.8. The second-order valence-electron chi connectivity index (χ2n) is 16.7. The van der Waals surface area contributed by atoms with Crippen molar-refractivity contribution in [3.8, 4) is 0 Å². The van der Waals surface area contributed by atoms with Crippen LogP contribution in [0.2, 0.25) is 0 Å². The largest absolute Gasteiger partial charge is 0.462 e. The summed E-state index contributed by atoms with van der Waals surface area (Å²) in [5.74, 6) is -1.09. The minimum absolute atomic E-state index is 0.136. The molecule has 0 aliphatic carbocycles. The topological polar surface area (TPSA) is 78.9 Å². The summed E-state index contributed by atoms with van der Waals surface area (Å²) < 4.78 is 16.6. The lowest BCUT2D eigenvalue weighted by Crippen LogP contribution is -2.30. The van der Waals surface area contributed by atoms with Gasteiger partial charge in [-0.05, 0) is 116 Å². The van der Waals surface area contributed by atoms with Gasteiger partial charge in [0.05, 0.1) is 0 Å². The minimum Gasteiger partial charge on any atom is -0.462 e. The molecule has 0 aromatic heterocycles. The molecule has 0 unspecified atom stereocenters. The van der Waals surface area contributed by atoms with Gasteiger partial charge in [-0.1, -0.05) is 200 Å². The summed E-state index contributed by atoms with van der Waals surface area (Å²) >= 11 is 0. The highest BCUT2D eigenvalue weighted by Gasteiger charge is 2.19. The van der Waals surface area contributed by atoms with E-state index in [2.05, 4.69) is 130 Å². The van der Waals surface area contributed by atoms with Crippen LogP contribution in [0.5, 0.6) is 0 Å². The molecule has 0 spiro atoms. The first-order valence-electron chi connectivity index (χ1n) is 26.0. The Morgan fingerprint density at radius 2 is 0.615 bits per heavy atom. The normalized spacial score (nSPS) is 13.1. The monoisotopic (exact) mass is 899 g/mol. The highest BCUT2D eigenvalue weighted by Crippen LogP contribution is 2.11. The van der Waals surface area contributed by atoms with Gasteiger partial charge in [-0.25, -0.2) is 0 Å². The molecule has 0 radical (unpaired) electrons. The fourth-order valence-electron chi connectivity index (χ4n) is 6.45. The van der Waals surface area contributed by atoms with Crippen molar-refractivity contribution in [3.63, 3.8) is 0 Å². The van der Waals surface area contributed by atoms with E-state index < -0.39 is 6.10 Å². The molecule has 0 amide bonds. The van der Waals surface area contributed by atoms with Crippen molar-refractivity contribution in [3.05, 3.63) is 122 Å². The molecule has 0 saturated heterocycles. The maximum Gasteiger partial charge on any atom is 0.306 e. The van der Waals surface area contributed by atoms with Gasteiger partial charge in [0.25, 0.3) is 0 Å². The fraction of sp³-hybridized carbons (Fsp3) is 0.610. The first-order valence-corrected chi connectivity index (χ1v) is 26.0. The maximum atomic E-state index is 12.8. The van der Waals surface area contributed by atoms with Crippen molar-refractivity contribution in [1.82, 2.24) is 0 Å². The van der Waals surface area contributed by atoms with E-state index in [-0.39, 0.29) is 50.4 Å². The second-order valence-corrected chi connectivity index (χ2v) is 16.7. The Balaban J connectivity index is 4.57. The molecule has 0 heterocycles. The molecule has 366 valence electrons. The van der Waals surface area contributed by atoms with E-state index in [9.17, 15) is 14.4 Å². The number of rotatable bonds is 45. The number of unbranched alkanes of at least 4 members (excludes halogenated alkanes) is 14. The van der Waals surface area contributed by atoms with Gasteiger partial charge >= 0.3 is 17.9 Å². The zero-order valence-corrected chi connectivity index (χ0v) is 41.7. The van der Waals surface area contributed by atoms with Gasteiger partial charge in [0, 0.05) is 19.3 Å². The van der Waals surface area contributed by atoms with E-state index in [1.165, 1.54) is 64.2 Å². The lowest BCUT2D eigenvalue weighted by atomic mass is 10.1. The smallest absolute Gasteiger partial charge is 0.306 e. The van der Waals surface area contributed by atoms with Crippen LogP contribution in [0.3, 0.4) is 0 Å². The molecule has 6 nitrogen and oxygen atoms in total. The average molecular weight is 899 g/mol. The summed E-state index contributed by atoms with van der Waals surface area (Å²) in [5.41, 5.74) is 0. The Hall–Kier alpha value is -4.19. The second kappa shape index (κ2) is 52.4. The van der Waals surface area contributed by atoms with Gasteiger partial charge in [0.15, 0.2) is 6.10 Å². The Kier molecular flexibility index (Phi) is 49.1. The predicted molar refractivity (Wildman–Crippen MR) is 279 cm³/mol. The van der Waals surface area contributed by atoms with Crippen molar-refractivity contribution >= 4 is 17.9 Å². The van der Waals surface area contributed by atoms with E-state index >= 15 is 0 Å². The van der Waals surface area contributed by atoms with Crippen LogP contribution in [0.1, 0.15) is 213 Å². The quantitative estimate of drug-likeness (QED) is 0.0262. The average Bonchev–Trinajstić information content (AvgIpc) is 3.30. The number of carbonyl (C=O) groups is 3. The van der Waals surface area contributed by atoms with Crippen LogP contribution in [-0.2, 0) is 28.6 Å². The summed E-state index contributed by atoms with van der Waals surface area (Å²) in [4.78, 5) is 37.9. The number of hydrogen-bond acceptors (Lipinski definition) is 6. The first-order chi connectivity index (χ1) is 32.0. The fourth-order valence-corrected chi connectivity index (χ4v) is 6.45. The van der Waals surface area contributed by atoms with Crippen molar-refractivity contribution < 1.29 is 28.6 Å². The number of esters is 3. The van der Waals surface area contributed by atoms with Gasteiger partial charge in [-0.15, -0.1) is 0 Å². The minimum atomic E-state index is -0.837.